The number of rotatable bonds is 12. The van der Waals surface area contributed by atoms with Gasteiger partial charge in [0.1, 0.15) is 31.0 Å². The van der Waals surface area contributed by atoms with E-state index in [4.69, 9.17) is 42.6 Å². The van der Waals surface area contributed by atoms with Crippen LogP contribution in [-0.4, -0.2) is 116 Å². The topological polar surface area (TPSA) is 218 Å². The van der Waals surface area contributed by atoms with Crippen molar-refractivity contribution in [3.63, 3.8) is 0 Å². The van der Waals surface area contributed by atoms with Crippen LogP contribution < -0.4 is 5.32 Å². The molecule has 17 heteroatoms. The van der Waals surface area contributed by atoms with Gasteiger partial charge in [-0.05, 0) is 5.56 Å². The minimum absolute atomic E-state index is 0.0241. The van der Waals surface area contributed by atoms with Gasteiger partial charge < -0.3 is 53.1 Å². The number of methoxy groups -OCH3 is 1. The molecule has 3 rings (SSSR count). The van der Waals surface area contributed by atoms with Crippen molar-refractivity contribution in [2.24, 2.45) is 0 Å². The van der Waals surface area contributed by atoms with Crippen molar-refractivity contribution in [3.05, 3.63) is 35.9 Å². The number of carbonyl (C=O) groups is 6. The van der Waals surface area contributed by atoms with Gasteiger partial charge in [-0.3, -0.25) is 24.0 Å². The summed E-state index contributed by atoms with van der Waals surface area (Å²) < 4.78 is 49.9. The zero-order valence-corrected chi connectivity index (χ0v) is 26.6. The van der Waals surface area contributed by atoms with E-state index in [0.29, 0.717) is 0 Å². The molecule has 260 valence electrons. The first-order valence-corrected chi connectivity index (χ1v) is 14.5. The Hall–Kier alpha value is -4.16. The lowest BCUT2D eigenvalue weighted by Gasteiger charge is -2.48. The molecular formula is C30H39NO16. The summed E-state index contributed by atoms with van der Waals surface area (Å²) in [6.07, 6.45) is -14.5. The third kappa shape index (κ3) is 10.4. The van der Waals surface area contributed by atoms with Gasteiger partial charge in [0.25, 0.3) is 0 Å². The molecule has 10 atom stereocenters. The van der Waals surface area contributed by atoms with Crippen molar-refractivity contribution in [2.75, 3.05) is 13.7 Å². The summed E-state index contributed by atoms with van der Waals surface area (Å²) in [5.41, 5.74) is 0.727. The molecule has 0 aliphatic carbocycles. The van der Waals surface area contributed by atoms with Crippen LogP contribution in [-0.2, 0) is 78.0 Å². The summed E-state index contributed by atoms with van der Waals surface area (Å²) in [6, 6.07) is 7.61. The van der Waals surface area contributed by atoms with E-state index in [0.717, 1.165) is 40.4 Å². The van der Waals surface area contributed by atoms with E-state index in [-0.39, 0.29) is 6.61 Å². The van der Waals surface area contributed by atoms with Crippen LogP contribution in [0.15, 0.2) is 30.3 Å². The lowest BCUT2D eigenvalue weighted by atomic mass is 9.94. The Labute approximate surface area is 270 Å². The summed E-state index contributed by atoms with van der Waals surface area (Å²) >= 11 is 0. The highest BCUT2D eigenvalue weighted by atomic mass is 16.8. The normalized spacial score (nSPS) is 30.3. The molecule has 1 amide bonds. The van der Waals surface area contributed by atoms with Gasteiger partial charge in [-0.2, -0.15) is 0 Å². The molecule has 1 aromatic carbocycles. The molecule has 0 radical (unpaired) electrons. The lowest BCUT2D eigenvalue weighted by Crippen LogP contribution is -2.69. The number of aliphatic hydroxyl groups is 1. The Morgan fingerprint density at radius 1 is 0.766 bits per heavy atom. The number of hydrogen-bond acceptors (Lipinski definition) is 16. The second-order valence-corrected chi connectivity index (χ2v) is 10.6. The summed E-state index contributed by atoms with van der Waals surface area (Å²) in [4.78, 5) is 73.3. The second kappa shape index (κ2) is 17.1. The number of esters is 5. The standard InChI is InChI=1S/C30H39NO16/c1-14(32)31-21-23(22(37)20(13-40-15(2)33)45-29(21)41-12-19-10-8-7-9-11-19)46-30-27(44-18(5)36)25(43-17(4)35)24(42-16(3)34)26(47-30)28(38)39-6/h7-11,20-27,29-30,37H,12-13H2,1-6H3,(H,31,32)/t20-,21-,22-,23-,24+,25+,26+,27-,29-,30-/m1/s1. The number of benzene rings is 1. The van der Waals surface area contributed by atoms with Gasteiger partial charge in [0, 0.05) is 34.6 Å². The Balaban J connectivity index is 2.08. The van der Waals surface area contributed by atoms with Gasteiger partial charge in [0.15, 0.2) is 37.0 Å². The average Bonchev–Trinajstić information content (AvgIpc) is 2.99. The van der Waals surface area contributed by atoms with Gasteiger partial charge in [-0.25, -0.2) is 4.79 Å². The molecule has 0 unspecified atom stereocenters. The fraction of sp³-hybridized carbons (Fsp3) is 0.600. The highest BCUT2D eigenvalue weighted by Crippen LogP contribution is 2.34. The maximum atomic E-state index is 12.9. The number of aliphatic hydroxyl groups excluding tert-OH is 1. The van der Waals surface area contributed by atoms with Gasteiger partial charge >= 0.3 is 29.8 Å². The number of hydrogen-bond donors (Lipinski definition) is 2. The zero-order chi connectivity index (χ0) is 34.8. The van der Waals surface area contributed by atoms with Crippen LogP contribution in [0.5, 0.6) is 0 Å². The molecule has 47 heavy (non-hydrogen) atoms. The van der Waals surface area contributed by atoms with E-state index in [1.807, 2.05) is 0 Å². The quantitative estimate of drug-likeness (QED) is 0.210. The van der Waals surface area contributed by atoms with E-state index in [9.17, 15) is 33.9 Å². The van der Waals surface area contributed by atoms with E-state index in [1.165, 1.54) is 6.92 Å². The first-order valence-electron chi connectivity index (χ1n) is 14.5. The van der Waals surface area contributed by atoms with Crippen molar-refractivity contribution in [1.82, 2.24) is 5.32 Å². The zero-order valence-electron chi connectivity index (χ0n) is 26.6. The molecule has 2 N–H and O–H groups in total. The van der Waals surface area contributed by atoms with Crippen molar-refractivity contribution >= 4 is 35.8 Å². The first kappa shape index (κ1) is 37.3. The summed E-state index contributed by atoms with van der Waals surface area (Å²) in [5, 5.41) is 14.1. The Morgan fingerprint density at radius 3 is 1.91 bits per heavy atom. The van der Waals surface area contributed by atoms with Crippen LogP contribution in [0, 0.1) is 0 Å². The minimum atomic E-state index is -1.84. The van der Waals surface area contributed by atoms with E-state index >= 15 is 0 Å². The van der Waals surface area contributed by atoms with Gasteiger partial charge in [-0.15, -0.1) is 0 Å². The Kier molecular flexibility index (Phi) is 13.6. The first-order chi connectivity index (χ1) is 22.2. The largest absolute Gasteiger partial charge is 0.467 e. The summed E-state index contributed by atoms with van der Waals surface area (Å²) in [7, 11) is 1.02. The lowest BCUT2D eigenvalue weighted by molar-refractivity contribution is -0.343. The molecule has 17 nitrogen and oxygen atoms in total. The number of carbonyl (C=O) groups excluding carboxylic acids is 6. The fourth-order valence-electron chi connectivity index (χ4n) is 5.04. The third-order valence-electron chi connectivity index (χ3n) is 6.88. The molecule has 0 spiro atoms. The number of ether oxygens (including phenoxy) is 9. The van der Waals surface area contributed by atoms with Crippen LogP contribution in [0.25, 0.3) is 0 Å². The predicted molar refractivity (Wildman–Crippen MR) is 152 cm³/mol. The van der Waals surface area contributed by atoms with Crippen LogP contribution >= 0.6 is 0 Å². The Morgan fingerprint density at radius 2 is 1.36 bits per heavy atom. The van der Waals surface area contributed by atoms with E-state index in [1.54, 1.807) is 30.3 Å². The van der Waals surface area contributed by atoms with Gasteiger partial charge in [0.05, 0.1) is 13.7 Å². The monoisotopic (exact) mass is 669 g/mol. The molecular weight excluding hydrogens is 630 g/mol. The average molecular weight is 670 g/mol. The molecule has 0 aromatic heterocycles. The molecule has 2 fully saturated rings. The van der Waals surface area contributed by atoms with Crippen molar-refractivity contribution in [2.45, 2.75) is 103 Å². The highest BCUT2D eigenvalue weighted by Gasteiger charge is 2.58. The molecule has 2 aliphatic rings. The van der Waals surface area contributed by atoms with Crippen molar-refractivity contribution in [1.29, 1.82) is 0 Å². The predicted octanol–water partition coefficient (Wildman–Crippen LogP) is -0.565. The van der Waals surface area contributed by atoms with E-state index < -0.39 is 104 Å². The minimum Gasteiger partial charge on any atom is -0.467 e. The summed E-state index contributed by atoms with van der Waals surface area (Å²) in [5.74, 6) is -5.07. The van der Waals surface area contributed by atoms with Gasteiger partial charge in [0.2, 0.25) is 5.91 Å². The maximum absolute atomic E-state index is 12.9. The summed E-state index contributed by atoms with van der Waals surface area (Å²) in [6.45, 7) is 4.92. The molecule has 2 saturated heterocycles. The fourth-order valence-corrected chi connectivity index (χ4v) is 5.04. The van der Waals surface area contributed by atoms with Crippen LogP contribution in [0.3, 0.4) is 0 Å². The molecule has 2 aliphatic heterocycles. The van der Waals surface area contributed by atoms with Crippen molar-refractivity contribution in [3.8, 4) is 0 Å². The van der Waals surface area contributed by atoms with Crippen molar-refractivity contribution < 1.29 is 76.5 Å². The number of nitrogens with one attached hydrogen (secondary N) is 1. The smallest absolute Gasteiger partial charge is 0.339 e. The van der Waals surface area contributed by atoms with Gasteiger partial charge in [-0.1, -0.05) is 30.3 Å². The number of amides is 1. The van der Waals surface area contributed by atoms with Crippen LogP contribution in [0.1, 0.15) is 40.2 Å². The van der Waals surface area contributed by atoms with E-state index in [2.05, 4.69) is 5.32 Å². The maximum Gasteiger partial charge on any atom is 0.339 e. The third-order valence-corrected chi connectivity index (χ3v) is 6.88. The van der Waals surface area contributed by atoms with Crippen LogP contribution in [0.2, 0.25) is 0 Å². The SMILES string of the molecule is COC(=O)[C@H]1O[C@@H](O[C@H]2[C@H](O)[C@@H](COC(C)=O)O[C@@H](OCc3ccccc3)[C@@H]2NC(C)=O)[C@H](OC(C)=O)[C@@H](OC(C)=O)[C@@H]1OC(C)=O. The Bertz CT molecular complexity index is 1270. The molecule has 2 heterocycles. The highest BCUT2D eigenvalue weighted by molar-refractivity contribution is 5.77. The molecule has 0 bridgehead atoms. The van der Waals surface area contributed by atoms with Crippen LogP contribution in [0.4, 0.5) is 0 Å². The second-order valence-electron chi connectivity index (χ2n) is 10.6. The molecule has 0 saturated carbocycles. The molecule has 1 aromatic rings.